The first-order valence-corrected chi connectivity index (χ1v) is 7.73. The number of hydrogen-bond acceptors (Lipinski definition) is 1. The zero-order valence-corrected chi connectivity index (χ0v) is 13.4. The fourth-order valence-electron chi connectivity index (χ4n) is 2.14. The highest BCUT2D eigenvalue weighted by Gasteiger charge is 1.99. The van der Waals surface area contributed by atoms with Crippen LogP contribution in [0.25, 0.3) is 0 Å². The Morgan fingerprint density at radius 2 is 0.920 bits per heavy atom. The molecule has 0 aliphatic carbocycles. The number of aromatic carboxylic acids is 1. The topological polar surface area (TPSA) is 37.3 Å². The highest BCUT2D eigenvalue weighted by molar-refractivity contribution is 5.87. The van der Waals surface area contributed by atoms with E-state index in [2.05, 4.69) is 23.7 Å². The van der Waals surface area contributed by atoms with Crippen LogP contribution in [0, 0.1) is 23.7 Å². The molecule has 3 rings (SSSR count). The molecule has 0 aromatic heterocycles. The highest BCUT2D eigenvalue weighted by atomic mass is 16.4. The Bertz CT molecular complexity index is 991. The Morgan fingerprint density at radius 3 is 1.32 bits per heavy atom. The molecule has 0 unspecified atom stereocenters. The number of rotatable bonds is 1. The number of carboxylic acid groups (broad SMARTS) is 1. The SMILES string of the molecule is O=C(O)c1ccc(C#Cc2ccc(C#Cc3ccccc3)cc2)cc1. The molecule has 0 radical (unpaired) electrons. The molecular weight excluding hydrogens is 308 g/mol. The predicted molar refractivity (Wildman–Crippen MR) is 98.2 cm³/mol. The van der Waals surface area contributed by atoms with Crippen LogP contribution in [0.5, 0.6) is 0 Å². The summed E-state index contributed by atoms with van der Waals surface area (Å²) in [5.74, 6) is 11.4. The van der Waals surface area contributed by atoms with Gasteiger partial charge >= 0.3 is 5.97 Å². The van der Waals surface area contributed by atoms with Crippen molar-refractivity contribution in [1.82, 2.24) is 0 Å². The molecule has 3 aromatic carbocycles. The third-order valence-corrected chi connectivity index (χ3v) is 3.49. The van der Waals surface area contributed by atoms with Crippen molar-refractivity contribution in [3.05, 3.63) is 107 Å². The van der Waals surface area contributed by atoms with Crippen molar-refractivity contribution in [3.8, 4) is 23.7 Å². The summed E-state index contributed by atoms with van der Waals surface area (Å²) in [6, 6.07) is 24.1. The maximum Gasteiger partial charge on any atom is 0.335 e. The lowest BCUT2D eigenvalue weighted by molar-refractivity contribution is 0.0697. The van der Waals surface area contributed by atoms with Crippen LogP contribution in [-0.2, 0) is 0 Å². The van der Waals surface area contributed by atoms with Crippen LogP contribution in [0.4, 0.5) is 0 Å². The molecule has 2 heteroatoms. The van der Waals surface area contributed by atoms with Crippen molar-refractivity contribution in [1.29, 1.82) is 0 Å². The molecule has 1 N–H and O–H groups in total. The van der Waals surface area contributed by atoms with Crippen LogP contribution in [0.1, 0.15) is 32.6 Å². The fraction of sp³-hybridized carbons (Fsp3) is 0. The van der Waals surface area contributed by atoms with E-state index in [1.54, 1.807) is 24.3 Å². The summed E-state index contributed by atoms with van der Waals surface area (Å²) >= 11 is 0. The van der Waals surface area contributed by atoms with Gasteiger partial charge in [0.2, 0.25) is 0 Å². The minimum absolute atomic E-state index is 0.256. The van der Waals surface area contributed by atoms with Crippen molar-refractivity contribution in [2.75, 3.05) is 0 Å². The second-order valence-electron chi connectivity index (χ2n) is 5.33. The maximum atomic E-state index is 10.8. The van der Waals surface area contributed by atoms with Crippen LogP contribution >= 0.6 is 0 Å². The molecule has 2 nitrogen and oxygen atoms in total. The van der Waals surface area contributed by atoms with Crippen LogP contribution < -0.4 is 0 Å². The van der Waals surface area contributed by atoms with Gasteiger partial charge in [-0.1, -0.05) is 41.9 Å². The predicted octanol–water partition coefficient (Wildman–Crippen LogP) is 4.18. The Balaban J connectivity index is 1.71. The summed E-state index contributed by atoms with van der Waals surface area (Å²) in [5.41, 5.74) is 3.83. The van der Waals surface area contributed by atoms with Crippen molar-refractivity contribution < 1.29 is 9.90 Å². The van der Waals surface area contributed by atoms with Crippen LogP contribution in [0.15, 0.2) is 78.9 Å². The largest absolute Gasteiger partial charge is 0.478 e. The van der Waals surface area contributed by atoms with E-state index in [1.165, 1.54) is 0 Å². The van der Waals surface area contributed by atoms with E-state index >= 15 is 0 Å². The van der Waals surface area contributed by atoms with E-state index < -0.39 is 5.97 Å². The lowest BCUT2D eigenvalue weighted by Crippen LogP contribution is -1.94. The number of benzene rings is 3. The number of hydrogen-bond donors (Lipinski definition) is 1. The zero-order valence-electron chi connectivity index (χ0n) is 13.4. The van der Waals surface area contributed by atoms with Gasteiger partial charge in [-0.05, 0) is 60.7 Å². The van der Waals surface area contributed by atoms with Crippen LogP contribution in [-0.4, -0.2) is 11.1 Å². The first kappa shape index (κ1) is 16.1. The first-order chi connectivity index (χ1) is 12.2. The second-order valence-corrected chi connectivity index (χ2v) is 5.33. The monoisotopic (exact) mass is 322 g/mol. The molecule has 0 atom stereocenters. The maximum absolute atomic E-state index is 10.8. The summed E-state index contributed by atoms with van der Waals surface area (Å²) in [6.07, 6.45) is 0. The summed E-state index contributed by atoms with van der Waals surface area (Å²) in [4.78, 5) is 10.8. The van der Waals surface area contributed by atoms with E-state index in [0.29, 0.717) is 0 Å². The number of carboxylic acids is 1. The highest BCUT2D eigenvalue weighted by Crippen LogP contribution is 2.06. The van der Waals surface area contributed by atoms with Gasteiger partial charge in [0.25, 0.3) is 0 Å². The van der Waals surface area contributed by atoms with Crippen LogP contribution in [0.3, 0.4) is 0 Å². The standard InChI is InChI=1S/C23H14O2/c24-23(25)22-16-14-21(15-17-22)13-12-20-10-8-19(9-11-20)7-6-18-4-2-1-3-5-18/h1-5,8-11,14-17H,(H,24,25). The lowest BCUT2D eigenvalue weighted by Gasteiger charge is -1.94. The van der Waals surface area contributed by atoms with Gasteiger partial charge in [0.1, 0.15) is 0 Å². The van der Waals surface area contributed by atoms with Crippen molar-refractivity contribution in [2.24, 2.45) is 0 Å². The summed E-state index contributed by atoms with van der Waals surface area (Å²) in [5, 5.41) is 8.88. The molecule has 118 valence electrons. The van der Waals surface area contributed by atoms with Crippen molar-refractivity contribution in [3.63, 3.8) is 0 Å². The summed E-state index contributed by atoms with van der Waals surface area (Å²) < 4.78 is 0. The van der Waals surface area contributed by atoms with E-state index in [1.807, 2.05) is 54.6 Å². The molecular formula is C23H14O2. The van der Waals surface area contributed by atoms with Gasteiger partial charge in [-0.15, -0.1) is 0 Å². The number of carbonyl (C=O) groups is 1. The molecule has 0 fully saturated rings. The minimum Gasteiger partial charge on any atom is -0.478 e. The smallest absolute Gasteiger partial charge is 0.335 e. The first-order valence-electron chi connectivity index (χ1n) is 7.73. The Labute approximate surface area is 146 Å². The third kappa shape index (κ3) is 4.61. The van der Waals surface area contributed by atoms with Gasteiger partial charge in [-0.3, -0.25) is 0 Å². The molecule has 0 aliphatic rings. The fourth-order valence-corrected chi connectivity index (χ4v) is 2.14. The summed E-state index contributed by atoms with van der Waals surface area (Å²) in [6.45, 7) is 0. The third-order valence-electron chi connectivity index (χ3n) is 3.49. The van der Waals surface area contributed by atoms with Gasteiger partial charge in [0.05, 0.1) is 5.56 Å². The molecule has 0 spiro atoms. The van der Waals surface area contributed by atoms with Gasteiger partial charge < -0.3 is 5.11 Å². The van der Waals surface area contributed by atoms with Crippen LogP contribution in [0.2, 0.25) is 0 Å². The molecule has 25 heavy (non-hydrogen) atoms. The van der Waals surface area contributed by atoms with E-state index in [-0.39, 0.29) is 5.56 Å². The molecule has 3 aromatic rings. The Kier molecular flexibility index (Phi) is 4.95. The molecule has 0 aliphatic heterocycles. The second kappa shape index (κ2) is 7.68. The van der Waals surface area contributed by atoms with E-state index in [4.69, 9.17) is 5.11 Å². The Hall–Kier alpha value is -3.75. The molecule has 0 heterocycles. The Morgan fingerprint density at radius 1 is 0.560 bits per heavy atom. The zero-order chi connectivity index (χ0) is 17.5. The normalized spacial score (nSPS) is 9.28. The molecule has 0 amide bonds. The molecule has 0 bridgehead atoms. The lowest BCUT2D eigenvalue weighted by atomic mass is 10.1. The van der Waals surface area contributed by atoms with Gasteiger partial charge in [0.15, 0.2) is 0 Å². The minimum atomic E-state index is -0.938. The average Bonchev–Trinajstić information content (AvgIpc) is 2.67. The van der Waals surface area contributed by atoms with E-state index in [0.717, 1.165) is 22.3 Å². The van der Waals surface area contributed by atoms with E-state index in [9.17, 15) is 4.79 Å². The van der Waals surface area contributed by atoms with Crippen molar-refractivity contribution >= 4 is 5.97 Å². The molecule has 0 saturated heterocycles. The summed E-state index contributed by atoms with van der Waals surface area (Å²) in [7, 11) is 0. The molecule has 0 saturated carbocycles. The van der Waals surface area contributed by atoms with Gasteiger partial charge in [-0.25, -0.2) is 4.79 Å². The van der Waals surface area contributed by atoms with Gasteiger partial charge in [0, 0.05) is 22.3 Å². The van der Waals surface area contributed by atoms with Gasteiger partial charge in [-0.2, -0.15) is 0 Å². The quantitative estimate of drug-likeness (QED) is 0.682. The average molecular weight is 322 g/mol. The van der Waals surface area contributed by atoms with Crippen molar-refractivity contribution in [2.45, 2.75) is 0 Å².